The van der Waals surface area contributed by atoms with Gasteiger partial charge in [-0.1, -0.05) is 13.8 Å². The molecule has 1 aliphatic carbocycles. The predicted octanol–water partition coefficient (Wildman–Crippen LogP) is 1.98. The maximum atomic E-state index is 11.9. The molecule has 0 aromatic heterocycles. The summed E-state index contributed by atoms with van der Waals surface area (Å²) in [6.45, 7) is 5.93. The van der Waals surface area contributed by atoms with Crippen LogP contribution in [0.2, 0.25) is 0 Å². The van der Waals surface area contributed by atoms with Crippen molar-refractivity contribution in [2.45, 2.75) is 76.5 Å². The lowest BCUT2D eigenvalue weighted by molar-refractivity contribution is -0.126. The summed E-state index contributed by atoms with van der Waals surface area (Å²) in [5.41, 5.74) is -0.0114. The fraction of sp³-hybridized carbons (Fsp3) is 0.933. The molecule has 4 nitrogen and oxygen atoms in total. The summed E-state index contributed by atoms with van der Waals surface area (Å²) >= 11 is 0. The van der Waals surface area contributed by atoms with Crippen LogP contribution in [-0.2, 0) is 9.53 Å². The van der Waals surface area contributed by atoms with E-state index in [4.69, 9.17) is 4.74 Å². The molecule has 110 valence electrons. The molecule has 0 spiro atoms. The van der Waals surface area contributed by atoms with Gasteiger partial charge in [0.1, 0.15) is 0 Å². The molecule has 1 saturated carbocycles. The number of carbonyl (C=O) groups excluding carboxylic acids is 1. The smallest absolute Gasteiger partial charge is 0.221 e. The fourth-order valence-electron chi connectivity index (χ4n) is 2.87. The zero-order valence-corrected chi connectivity index (χ0v) is 12.3. The van der Waals surface area contributed by atoms with Crippen LogP contribution in [0.4, 0.5) is 0 Å². The standard InChI is InChI=1S/C15H28N2O2/c1-3-15(4-2)11-13(8-10-19-15)17-14(18)7-9-16-12-5-6-12/h12-13,16H,3-11H2,1-2H3,(H,17,18). The molecular weight excluding hydrogens is 240 g/mol. The Labute approximate surface area is 116 Å². The van der Waals surface area contributed by atoms with E-state index in [1.165, 1.54) is 12.8 Å². The van der Waals surface area contributed by atoms with E-state index in [-0.39, 0.29) is 11.5 Å². The number of amides is 1. The molecule has 0 aromatic rings. The van der Waals surface area contributed by atoms with Crippen molar-refractivity contribution >= 4 is 5.91 Å². The number of hydrogen-bond acceptors (Lipinski definition) is 3. The van der Waals surface area contributed by atoms with Crippen LogP contribution in [0.25, 0.3) is 0 Å². The molecule has 19 heavy (non-hydrogen) atoms. The molecule has 4 heteroatoms. The second-order valence-corrected chi connectivity index (χ2v) is 5.97. The zero-order chi connectivity index (χ0) is 13.7. The molecular formula is C15H28N2O2. The van der Waals surface area contributed by atoms with Crippen LogP contribution in [0.3, 0.4) is 0 Å². The molecule has 0 bridgehead atoms. The van der Waals surface area contributed by atoms with Crippen LogP contribution in [0.5, 0.6) is 0 Å². The van der Waals surface area contributed by atoms with Crippen LogP contribution in [0.15, 0.2) is 0 Å². The van der Waals surface area contributed by atoms with Crippen molar-refractivity contribution in [1.82, 2.24) is 10.6 Å². The van der Waals surface area contributed by atoms with Gasteiger partial charge in [0.25, 0.3) is 0 Å². The van der Waals surface area contributed by atoms with Crippen molar-refractivity contribution < 1.29 is 9.53 Å². The van der Waals surface area contributed by atoms with E-state index >= 15 is 0 Å². The van der Waals surface area contributed by atoms with E-state index in [1.807, 2.05) is 0 Å². The molecule has 1 atom stereocenters. The van der Waals surface area contributed by atoms with Gasteiger partial charge in [0.2, 0.25) is 5.91 Å². The molecule has 1 amide bonds. The third-order valence-corrected chi connectivity index (χ3v) is 4.51. The van der Waals surface area contributed by atoms with E-state index < -0.39 is 0 Å². The Kier molecular flexibility index (Phi) is 5.22. The molecule has 0 radical (unpaired) electrons. The number of hydrogen-bond donors (Lipinski definition) is 2. The summed E-state index contributed by atoms with van der Waals surface area (Å²) in [6.07, 6.45) is 7.11. The molecule has 0 aromatic carbocycles. The lowest BCUT2D eigenvalue weighted by Crippen LogP contribution is -2.48. The lowest BCUT2D eigenvalue weighted by Gasteiger charge is -2.40. The molecule has 2 fully saturated rings. The van der Waals surface area contributed by atoms with Gasteiger partial charge in [0.15, 0.2) is 0 Å². The van der Waals surface area contributed by atoms with Gasteiger partial charge < -0.3 is 15.4 Å². The number of carbonyl (C=O) groups is 1. The van der Waals surface area contributed by atoms with Crippen molar-refractivity contribution in [2.24, 2.45) is 0 Å². The van der Waals surface area contributed by atoms with Gasteiger partial charge in [-0.3, -0.25) is 4.79 Å². The van der Waals surface area contributed by atoms with Gasteiger partial charge in [-0.2, -0.15) is 0 Å². The second kappa shape index (κ2) is 6.71. The van der Waals surface area contributed by atoms with Crippen LogP contribution < -0.4 is 10.6 Å². The quantitative estimate of drug-likeness (QED) is 0.742. The largest absolute Gasteiger partial charge is 0.375 e. The van der Waals surface area contributed by atoms with E-state index in [0.29, 0.717) is 18.5 Å². The zero-order valence-electron chi connectivity index (χ0n) is 12.3. The molecule has 1 heterocycles. The van der Waals surface area contributed by atoms with Crippen LogP contribution in [-0.4, -0.2) is 36.7 Å². The Morgan fingerprint density at radius 1 is 1.21 bits per heavy atom. The molecule has 2 rings (SSSR count). The van der Waals surface area contributed by atoms with Gasteiger partial charge in [0.05, 0.1) is 5.60 Å². The van der Waals surface area contributed by atoms with E-state index in [0.717, 1.165) is 38.8 Å². The summed E-state index contributed by atoms with van der Waals surface area (Å²) in [5.74, 6) is 0.182. The van der Waals surface area contributed by atoms with E-state index in [1.54, 1.807) is 0 Å². The summed E-state index contributed by atoms with van der Waals surface area (Å²) in [5, 5.41) is 6.56. The Balaban J connectivity index is 1.69. The summed E-state index contributed by atoms with van der Waals surface area (Å²) < 4.78 is 5.93. The topological polar surface area (TPSA) is 50.4 Å². The first-order valence-electron chi connectivity index (χ1n) is 7.84. The summed E-state index contributed by atoms with van der Waals surface area (Å²) in [6, 6.07) is 0.978. The first-order chi connectivity index (χ1) is 9.17. The SMILES string of the molecule is CCC1(CC)CC(NC(=O)CCNC2CC2)CCO1. The minimum atomic E-state index is -0.0114. The molecule has 2 aliphatic rings. The third-order valence-electron chi connectivity index (χ3n) is 4.51. The monoisotopic (exact) mass is 268 g/mol. The van der Waals surface area contributed by atoms with Gasteiger partial charge in [0, 0.05) is 31.7 Å². The van der Waals surface area contributed by atoms with E-state index in [2.05, 4.69) is 24.5 Å². The maximum absolute atomic E-state index is 11.9. The highest BCUT2D eigenvalue weighted by Crippen LogP contribution is 2.31. The number of nitrogens with one attached hydrogen (secondary N) is 2. The first-order valence-corrected chi connectivity index (χ1v) is 7.84. The molecule has 1 unspecified atom stereocenters. The minimum Gasteiger partial charge on any atom is -0.375 e. The number of ether oxygens (including phenoxy) is 1. The number of rotatable bonds is 7. The summed E-state index contributed by atoms with van der Waals surface area (Å²) in [7, 11) is 0. The van der Waals surface area contributed by atoms with Crippen molar-refractivity contribution in [3.05, 3.63) is 0 Å². The van der Waals surface area contributed by atoms with Crippen molar-refractivity contribution in [3.8, 4) is 0 Å². The first kappa shape index (κ1) is 14.8. The van der Waals surface area contributed by atoms with Gasteiger partial charge in [-0.05, 0) is 38.5 Å². The normalized spacial score (nSPS) is 26.1. The molecule has 1 aliphatic heterocycles. The average molecular weight is 268 g/mol. The molecule has 2 N–H and O–H groups in total. The Morgan fingerprint density at radius 2 is 1.95 bits per heavy atom. The average Bonchev–Trinajstić information content (AvgIpc) is 3.23. The van der Waals surface area contributed by atoms with Crippen molar-refractivity contribution in [1.29, 1.82) is 0 Å². The lowest BCUT2D eigenvalue weighted by atomic mass is 9.86. The van der Waals surface area contributed by atoms with Gasteiger partial charge in [-0.25, -0.2) is 0 Å². The second-order valence-electron chi connectivity index (χ2n) is 5.97. The Morgan fingerprint density at radius 3 is 2.58 bits per heavy atom. The van der Waals surface area contributed by atoms with Crippen LogP contribution in [0.1, 0.15) is 58.8 Å². The highest BCUT2D eigenvalue weighted by Gasteiger charge is 2.34. The van der Waals surface area contributed by atoms with E-state index in [9.17, 15) is 4.79 Å². The van der Waals surface area contributed by atoms with Crippen LogP contribution >= 0.6 is 0 Å². The van der Waals surface area contributed by atoms with Crippen molar-refractivity contribution in [2.75, 3.05) is 13.2 Å². The van der Waals surface area contributed by atoms with Crippen molar-refractivity contribution in [3.63, 3.8) is 0 Å². The maximum Gasteiger partial charge on any atom is 0.221 e. The van der Waals surface area contributed by atoms with Gasteiger partial charge >= 0.3 is 0 Å². The minimum absolute atomic E-state index is 0.0114. The predicted molar refractivity (Wildman–Crippen MR) is 76.1 cm³/mol. The highest BCUT2D eigenvalue weighted by atomic mass is 16.5. The Hall–Kier alpha value is -0.610. The summed E-state index contributed by atoms with van der Waals surface area (Å²) in [4.78, 5) is 11.9. The molecule has 1 saturated heterocycles. The fourth-order valence-corrected chi connectivity index (χ4v) is 2.87. The Bertz CT molecular complexity index is 299. The van der Waals surface area contributed by atoms with Gasteiger partial charge in [-0.15, -0.1) is 0 Å². The third kappa shape index (κ3) is 4.46. The van der Waals surface area contributed by atoms with Crippen LogP contribution in [0, 0.1) is 0 Å². The highest BCUT2D eigenvalue weighted by molar-refractivity contribution is 5.76.